The lowest BCUT2D eigenvalue weighted by atomic mass is 9.83. The number of amides is 1. The van der Waals surface area contributed by atoms with Gasteiger partial charge >= 0.3 is 0 Å². The second-order valence-electron chi connectivity index (χ2n) is 7.82. The molecule has 2 aromatic rings. The fraction of sp³-hybridized carbons (Fsp3) is 0.500. The summed E-state index contributed by atoms with van der Waals surface area (Å²) in [6, 6.07) is 11.0. The zero-order chi connectivity index (χ0) is 17.9. The van der Waals surface area contributed by atoms with Gasteiger partial charge in [0.1, 0.15) is 0 Å². The molecule has 1 aromatic heterocycles. The van der Waals surface area contributed by atoms with Crippen LogP contribution in [0.3, 0.4) is 0 Å². The number of piperidine rings is 2. The van der Waals surface area contributed by atoms with E-state index in [9.17, 15) is 4.79 Å². The predicted octanol–water partition coefficient (Wildman–Crippen LogP) is 4.11. The summed E-state index contributed by atoms with van der Waals surface area (Å²) in [6.07, 6.45) is 4.08. The minimum Gasteiger partial charge on any atom is -0.339 e. The largest absolute Gasteiger partial charge is 0.339 e. The normalized spacial score (nSPS) is 23.7. The highest BCUT2D eigenvalue weighted by Crippen LogP contribution is 2.32. The number of hydrogen-bond donors (Lipinski definition) is 0. The predicted molar refractivity (Wildman–Crippen MR) is 107 cm³/mol. The molecule has 3 nitrogen and oxygen atoms in total. The van der Waals surface area contributed by atoms with Crippen molar-refractivity contribution in [1.82, 2.24) is 9.80 Å². The van der Waals surface area contributed by atoms with Crippen molar-refractivity contribution in [3.05, 3.63) is 57.8 Å². The second-order valence-corrected chi connectivity index (χ2v) is 8.60. The first-order valence-electron chi connectivity index (χ1n) is 9.78. The van der Waals surface area contributed by atoms with Crippen molar-refractivity contribution in [2.24, 2.45) is 5.92 Å². The van der Waals surface area contributed by atoms with E-state index in [1.54, 1.807) is 11.3 Å². The summed E-state index contributed by atoms with van der Waals surface area (Å²) in [5.74, 6) is 0.956. The van der Waals surface area contributed by atoms with Crippen LogP contribution in [0.15, 0.2) is 41.1 Å². The summed E-state index contributed by atoms with van der Waals surface area (Å²) < 4.78 is 0. The minimum absolute atomic E-state index is 0.320. The molecule has 1 amide bonds. The molecule has 1 aromatic carbocycles. The Morgan fingerprint density at radius 3 is 2.88 bits per heavy atom. The first-order valence-corrected chi connectivity index (χ1v) is 10.7. The van der Waals surface area contributed by atoms with E-state index in [1.165, 1.54) is 23.1 Å². The molecular formula is C22H28N2OS. The van der Waals surface area contributed by atoms with E-state index in [1.807, 2.05) is 12.1 Å². The molecule has 2 fully saturated rings. The first-order chi connectivity index (χ1) is 12.7. The quantitative estimate of drug-likeness (QED) is 0.811. The number of fused-ring (bicyclic) bond motifs is 1. The lowest BCUT2D eigenvalue weighted by Crippen LogP contribution is -2.55. The van der Waals surface area contributed by atoms with Crippen LogP contribution in [0.1, 0.15) is 36.0 Å². The molecule has 0 aliphatic carbocycles. The Labute approximate surface area is 160 Å². The van der Waals surface area contributed by atoms with E-state index < -0.39 is 0 Å². The molecule has 0 radical (unpaired) electrons. The average Bonchev–Trinajstić information content (AvgIpc) is 3.16. The molecule has 2 aliphatic rings. The Hall–Kier alpha value is -1.65. The van der Waals surface area contributed by atoms with E-state index in [4.69, 9.17) is 0 Å². The van der Waals surface area contributed by atoms with Crippen LogP contribution < -0.4 is 0 Å². The monoisotopic (exact) mass is 368 g/mol. The van der Waals surface area contributed by atoms with E-state index in [-0.39, 0.29) is 0 Å². The molecule has 0 unspecified atom stereocenters. The highest BCUT2D eigenvalue weighted by molar-refractivity contribution is 7.07. The fourth-order valence-electron chi connectivity index (χ4n) is 4.65. The van der Waals surface area contributed by atoms with Gasteiger partial charge in [0.05, 0.1) is 6.42 Å². The van der Waals surface area contributed by atoms with Crippen LogP contribution in [0.2, 0.25) is 0 Å². The number of thiophene rings is 1. The highest BCUT2D eigenvalue weighted by Gasteiger charge is 2.37. The molecule has 2 saturated heterocycles. The minimum atomic E-state index is 0.320. The molecular weight excluding hydrogens is 340 g/mol. The van der Waals surface area contributed by atoms with Crippen LogP contribution in [-0.4, -0.2) is 41.4 Å². The number of carbonyl (C=O) groups excluding carboxylic acids is 1. The number of hydrogen-bond acceptors (Lipinski definition) is 3. The van der Waals surface area contributed by atoms with Crippen LogP contribution in [0.5, 0.6) is 0 Å². The zero-order valence-corrected chi connectivity index (χ0v) is 16.4. The Balaban J connectivity index is 1.40. The molecule has 0 bridgehead atoms. The molecule has 0 spiro atoms. The summed E-state index contributed by atoms with van der Waals surface area (Å²) in [5, 5.41) is 4.42. The number of nitrogens with zero attached hydrogens (tertiary/aromatic N) is 2. The third-order valence-electron chi connectivity index (χ3n) is 6.06. The van der Waals surface area contributed by atoms with E-state index in [0.29, 0.717) is 24.3 Å². The molecule has 2 atom stereocenters. The van der Waals surface area contributed by atoms with Gasteiger partial charge in [-0.3, -0.25) is 9.69 Å². The summed E-state index contributed by atoms with van der Waals surface area (Å²) in [5.41, 5.74) is 3.83. The van der Waals surface area contributed by atoms with Crippen molar-refractivity contribution in [2.45, 2.75) is 45.2 Å². The first kappa shape index (κ1) is 17.7. The van der Waals surface area contributed by atoms with Gasteiger partial charge in [-0.2, -0.15) is 11.3 Å². The van der Waals surface area contributed by atoms with Crippen LogP contribution in [0.4, 0.5) is 0 Å². The third-order valence-corrected chi connectivity index (χ3v) is 6.79. The van der Waals surface area contributed by atoms with E-state index in [2.05, 4.69) is 45.7 Å². The Morgan fingerprint density at radius 1 is 1.19 bits per heavy atom. The van der Waals surface area contributed by atoms with Crippen LogP contribution in [0, 0.1) is 12.8 Å². The molecule has 0 saturated carbocycles. The summed E-state index contributed by atoms with van der Waals surface area (Å²) in [7, 11) is 0. The van der Waals surface area contributed by atoms with Crippen molar-refractivity contribution in [2.75, 3.05) is 19.6 Å². The highest BCUT2D eigenvalue weighted by atomic mass is 32.1. The molecule has 3 heterocycles. The third kappa shape index (κ3) is 3.86. The number of benzene rings is 1. The van der Waals surface area contributed by atoms with Crippen LogP contribution in [0.25, 0.3) is 0 Å². The van der Waals surface area contributed by atoms with Gasteiger partial charge in [0.2, 0.25) is 5.91 Å². The fourth-order valence-corrected chi connectivity index (χ4v) is 5.31. The number of aryl methyl sites for hydroxylation is 1. The summed E-state index contributed by atoms with van der Waals surface area (Å²) in [6.45, 7) is 6.34. The topological polar surface area (TPSA) is 23.6 Å². The molecule has 4 heteroatoms. The van der Waals surface area contributed by atoms with E-state index >= 15 is 0 Å². The van der Waals surface area contributed by atoms with Crippen molar-refractivity contribution in [3.8, 4) is 0 Å². The SMILES string of the molecule is Cc1ccccc1CC(=O)N1CCC[C@@H]2CN(Cc3ccsc3)CC[C@H]21. The lowest BCUT2D eigenvalue weighted by molar-refractivity contribution is -0.137. The van der Waals surface area contributed by atoms with Gasteiger partial charge in [-0.25, -0.2) is 0 Å². The molecule has 0 N–H and O–H groups in total. The maximum absolute atomic E-state index is 13.0. The number of carbonyl (C=O) groups is 1. The maximum Gasteiger partial charge on any atom is 0.227 e. The van der Waals surface area contributed by atoms with Crippen molar-refractivity contribution in [3.63, 3.8) is 0 Å². The Morgan fingerprint density at radius 2 is 2.08 bits per heavy atom. The zero-order valence-electron chi connectivity index (χ0n) is 15.6. The van der Waals surface area contributed by atoms with Crippen LogP contribution >= 0.6 is 11.3 Å². The number of rotatable bonds is 4. The Kier molecular flexibility index (Phi) is 5.41. The van der Waals surface area contributed by atoms with Crippen molar-refractivity contribution >= 4 is 17.2 Å². The van der Waals surface area contributed by atoms with Gasteiger partial charge in [0, 0.05) is 32.2 Å². The smallest absolute Gasteiger partial charge is 0.227 e. The summed E-state index contributed by atoms with van der Waals surface area (Å²) in [4.78, 5) is 17.8. The Bertz CT molecular complexity index is 742. The van der Waals surface area contributed by atoms with Gasteiger partial charge in [0.15, 0.2) is 0 Å². The molecule has 2 aliphatic heterocycles. The maximum atomic E-state index is 13.0. The van der Waals surface area contributed by atoms with Gasteiger partial charge in [0.25, 0.3) is 0 Å². The van der Waals surface area contributed by atoms with Gasteiger partial charge in [-0.05, 0) is 65.6 Å². The van der Waals surface area contributed by atoms with Gasteiger partial charge < -0.3 is 4.90 Å². The summed E-state index contributed by atoms with van der Waals surface area (Å²) >= 11 is 1.78. The van der Waals surface area contributed by atoms with Crippen molar-refractivity contribution in [1.29, 1.82) is 0 Å². The molecule has 138 valence electrons. The number of likely N-dealkylation sites (tertiary alicyclic amines) is 2. The van der Waals surface area contributed by atoms with E-state index in [0.717, 1.165) is 39.0 Å². The second kappa shape index (κ2) is 7.93. The van der Waals surface area contributed by atoms with Crippen molar-refractivity contribution < 1.29 is 4.79 Å². The molecule has 26 heavy (non-hydrogen) atoms. The molecule has 4 rings (SSSR count). The van der Waals surface area contributed by atoms with Gasteiger partial charge in [-0.1, -0.05) is 24.3 Å². The average molecular weight is 369 g/mol. The lowest BCUT2D eigenvalue weighted by Gasteiger charge is -2.47. The van der Waals surface area contributed by atoms with Crippen LogP contribution in [-0.2, 0) is 17.8 Å². The standard InChI is InChI=1S/C22H28N2OS/c1-17-5-2-3-6-19(17)13-22(25)24-10-4-7-20-15-23(11-8-21(20)24)14-18-9-12-26-16-18/h2-3,5-6,9,12,16,20-21H,4,7-8,10-11,13-15H2,1H3/t20-,21-/m1/s1. The van der Waals surface area contributed by atoms with Gasteiger partial charge in [-0.15, -0.1) is 0 Å².